The minimum atomic E-state index is -4.35. The molecule has 2 aromatic rings. The van der Waals surface area contributed by atoms with Crippen LogP contribution in [-0.2, 0) is 7.05 Å². The van der Waals surface area contributed by atoms with Crippen molar-refractivity contribution in [1.82, 2.24) is 29.7 Å². The van der Waals surface area contributed by atoms with Crippen LogP contribution in [0, 0.1) is 5.92 Å². The molecular weight excluding hydrogens is 305 g/mol. The highest BCUT2D eigenvalue weighted by molar-refractivity contribution is 5.98. The van der Waals surface area contributed by atoms with Crippen molar-refractivity contribution in [3.05, 3.63) is 22.5 Å². The molecule has 1 aliphatic carbocycles. The Balaban J connectivity index is 1.85. The predicted octanol–water partition coefficient (Wildman–Crippen LogP) is -0.106. The van der Waals surface area contributed by atoms with Gasteiger partial charge in [-0.3, -0.25) is 4.79 Å². The van der Waals surface area contributed by atoms with E-state index in [0.717, 1.165) is 15.4 Å². The summed E-state index contributed by atoms with van der Waals surface area (Å²) in [6, 6.07) is -0.983. The molecule has 0 radical (unpaired) electrons. The molecule has 1 amide bonds. The highest BCUT2D eigenvalue weighted by Gasteiger charge is 2.50. The fraction of sp³-hybridized carbons (Fsp3) is 0.545. The molecule has 0 aromatic carbocycles. The summed E-state index contributed by atoms with van der Waals surface area (Å²) in [6.07, 6.45) is -3.03. The molecule has 1 N–H and O–H groups in total. The Bertz CT molecular complexity index is 795. The van der Waals surface area contributed by atoms with E-state index in [1.54, 1.807) is 0 Å². The number of carbonyl (C=O) groups excluding carboxylic acids is 1. The average molecular weight is 316 g/mol. The van der Waals surface area contributed by atoms with Gasteiger partial charge in [0, 0.05) is 13.1 Å². The number of hydrogen-bond donors (Lipinski definition) is 1. The lowest BCUT2D eigenvalue weighted by atomic mass is 9.79. The smallest absolute Gasteiger partial charge is 0.347 e. The third kappa shape index (κ3) is 2.22. The van der Waals surface area contributed by atoms with Gasteiger partial charge in [-0.2, -0.15) is 17.9 Å². The third-order valence-corrected chi connectivity index (χ3v) is 3.73. The van der Waals surface area contributed by atoms with Crippen molar-refractivity contribution in [3.63, 3.8) is 0 Å². The maximum atomic E-state index is 12.7. The fourth-order valence-electron chi connectivity index (χ4n) is 2.34. The Kier molecular flexibility index (Phi) is 3.15. The normalized spacial score (nSPS) is 21.6. The highest BCUT2D eigenvalue weighted by atomic mass is 19.4. The molecule has 2 atom stereocenters. The van der Waals surface area contributed by atoms with Gasteiger partial charge in [-0.15, -0.1) is 5.10 Å². The molecular formula is C11H11F3N6O2. The molecule has 118 valence electrons. The molecule has 1 saturated carbocycles. The second-order valence-corrected chi connectivity index (χ2v) is 5.09. The molecule has 3 rings (SSSR count). The number of halogens is 3. The van der Waals surface area contributed by atoms with Gasteiger partial charge in [0.15, 0.2) is 11.3 Å². The summed E-state index contributed by atoms with van der Waals surface area (Å²) in [5.74, 6) is -2.35. The highest BCUT2D eigenvalue weighted by Crippen LogP contribution is 2.41. The van der Waals surface area contributed by atoms with E-state index < -0.39 is 29.7 Å². The zero-order valence-corrected chi connectivity index (χ0v) is 11.3. The van der Waals surface area contributed by atoms with Gasteiger partial charge in [-0.25, -0.2) is 14.2 Å². The molecule has 0 aliphatic heterocycles. The van der Waals surface area contributed by atoms with Gasteiger partial charge in [0.05, 0.1) is 5.92 Å². The number of nitrogens with one attached hydrogen (secondary N) is 1. The number of imidazole rings is 1. The van der Waals surface area contributed by atoms with E-state index in [9.17, 15) is 22.8 Å². The molecule has 1 aliphatic rings. The van der Waals surface area contributed by atoms with Crippen molar-refractivity contribution in [2.75, 3.05) is 0 Å². The molecule has 22 heavy (non-hydrogen) atoms. The Labute approximate surface area is 120 Å². The van der Waals surface area contributed by atoms with Gasteiger partial charge in [0.25, 0.3) is 5.91 Å². The largest absolute Gasteiger partial charge is 0.393 e. The second kappa shape index (κ2) is 4.78. The Morgan fingerprint density at radius 3 is 2.73 bits per heavy atom. The van der Waals surface area contributed by atoms with Gasteiger partial charge >= 0.3 is 11.9 Å². The third-order valence-electron chi connectivity index (χ3n) is 3.73. The van der Waals surface area contributed by atoms with Gasteiger partial charge in [-0.1, -0.05) is 5.21 Å². The summed E-state index contributed by atoms with van der Waals surface area (Å²) < 4.78 is 39.9. The fourth-order valence-corrected chi connectivity index (χ4v) is 2.34. The Morgan fingerprint density at radius 1 is 1.41 bits per heavy atom. The maximum absolute atomic E-state index is 12.7. The number of fused-ring (bicyclic) bond motifs is 1. The maximum Gasteiger partial charge on any atom is 0.393 e. The van der Waals surface area contributed by atoms with E-state index in [-0.39, 0.29) is 24.2 Å². The number of aryl methyl sites for hydroxylation is 1. The van der Waals surface area contributed by atoms with Crippen molar-refractivity contribution in [2.45, 2.75) is 25.1 Å². The van der Waals surface area contributed by atoms with Crippen LogP contribution < -0.4 is 11.0 Å². The van der Waals surface area contributed by atoms with Crippen LogP contribution in [0.1, 0.15) is 23.3 Å². The summed E-state index contributed by atoms with van der Waals surface area (Å²) in [6.45, 7) is 0. The van der Waals surface area contributed by atoms with E-state index in [0.29, 0.717) is 0 Å². The topological polar surface area (TPSA) is 94.2 Å². The summed E-state index contributed by atoms with van der Waals surface area (Å²) in [4.78, 5) is 27.6. The Hall–Kier alpha value is -2.46. The van der Waals surface area contributed by atoms with Crippen LogP contribution >= 0.6 is 0 Å². The number of hydrogen-bond acceptors (Lipinski definition) is 5. The molecule has 2 aromatic heterocycles. The van der Waals surface area contributed by atoms with E-state index in [4.69, 9.17) is 0 Å². The molecule has 0 saturated heterocycles. The summed E-state index contributed by atoms with van der Waals surface area (Å²) in [5, 5.41) is 9.49. The first-order valence-corrected chi connectivity index (χ1v) is 6.43. The minimum absolute atomic E-state index is 0.0151. The van der Waals surface area contributed by atoms with Crippen LogP contribution in [0.25, 0.3) is 5.65 Å². The summed E-state index contributed by atoms with van der Waals surface area (Å²) in [7, 11) is 1.37. The van der Waals surface area contributed by atoms with E-state index >= 15 is 0 Å². The lowest BCUT2D eigenvalue weighted by molar-refractivity contribution is -0.201. The quantitative estimate of drug-likeness (QED) is 0.834. The second-order valence-electron chi connectivity index (χ2n) is 5.09. The first-order valence-electron chi connectivity index (χ1n) is 6.43. The molecule has 2 heterocycles. The van der Waals surface area contributed by atoms with Gasteiger partial charge < -0.3 is 5.32 Å². The van der Waals surface area contributed by atoms with Crippen LogP contribution in [0.3, 0.4) is 0 Å². The van der Waals surface area contributed by atoms with Crippen LogP contribution in [0.5, 0.6) is 0 Å². The first-order chi connectivity index (χ1) is 10.3. The van der Waals surface area contributed by atoms with Gasteiger partial charge in [-0.05, 0) is 12.8 Å². The number of rotatable bonds is 2. The zero-order chi connectivity index (χ0) is 16.1. The lowest BCUT2D eigenvalue weighted by Crippen LogP contribution is -2.52. The average Bonchev–Trinajstić information content (AvgIpc) is 2.81. The van der Waals surface area contributed by atoms with E-state index in [1.165, 1.54) is 7.05 Å². The first kappa shape index (κ1) is 14.5. The molecule has 2 unspecified atom stereocenters. The summed E-state index contributed by atoms with van der Waals surface area (Å²) in [5.41, 5.74) is -0.880. The monoisotopic (exact) mass is 316 g/mol. The van der Waals surface area contributed by atoms with Crippen LogP contribution in [-0.4, -0.2) is 42.5 Å². The number of nitrogens with zero attached hydrogens (tertiary/aromatic N) is 5. The summed E-state index contributed by atoms with van der Waals surface area (Å²) >= 11 is 0. The van der Waals surface area contributed by atoms with Gasteiger partial charge in [0.2, 0.25) is 0 Å². The Morgan fingerprint density at radius 2 is 2.14 bits per heavy atom. The van der Waals surface area contributed by atoms with E-state index in [2.05, 4.69) is 20.6 Å². The lowest BCUT2D eigenvalue weighted by Gasteiger charge is -2.37. The number of aromatic nitrogens is 5. The van der Waals surface area contributed by atoms with Crippen molar-refractivity contribution < 1.29 is 18.0 Å². The molecule has 8 nitrogen and oxygen atoms in total. The number of carbonyl (C=O) groups is 1. The van der Waals surface area contributed by atoms with Crippen molar-refractivity contribution in [3.8, 4) is 0 Å². The number of amides is 1. The van der Waals surface area contributed by atoms with Crippen molar-refractivity contribution in [1.29, 1.82) is 0 Å². The van der Waals surface area contributed by atoms with E-state index in [1.807, 2.05) is 0 Å². The predicted molar refractivity (Wildman–Crippen MR) is 66.1 cm³/mol. The van der Waals surface area contributed by atoms with Crippen LogP contribution in [0.15, 0.2) is 11.1 Å². The molecule has 0 bridgehead atoms. The molecule has 11 heteroatoms. The molecule has 0 spiro atoms. The van der Waals surface area contributed by atoms with Crippen LogP contribution in [0.2, 0.25) is 0 Å². The van der Waals surface area contributed by atoms with Gasteiger partial charge in [0.1, 0.15) is 6.33 Å². The van der Waals surface area contributed by atoms with Crippen molar-refractivity contribution in [2.24, 2.45) is 13.0 Å². The minimum Gasteiger partial charge on any atom is -0.347 e. The van der Waals surface area contributed by atoms with Crippen molar-refractivity contribution >= 4 is 11.6 Å². The SMILES string of the molecule is Cn1nnc2c(C(=O)NC3CCC3C(F)(F)F)ncn2c1=O. The number of alkyl halides is 3. The zero-order valence-electron chi connectivity index (χ0n) is 11.3. The van der Waals surface area contributed by atoms with Crippen LogP contribution in [0.4, 0.5) is 13.2 Å². The standard InChI is InChI=1S/C11H11F3N6O2/c1-19-10(22)20-4-15-7(8(20)17-18-19)9(21)16-6-3-2-5(6)11(12,13)14/h4-6H,2-3H2,1H3,(H,16,21). The molecule has 1 fully saturated rings.